The fourth-order valence-corrected chi connectivity index (χ4v) is 1.42. The van der Waals surface area contributed by atoms with Crippen molar-refractivity contribution in [2.45, 2.75) is 19.3 Å². The molecule has 0 atom stereocenters. The number of methoxy groups -OCH3 is 1. The molecular weight excluding hydrogens is 204 g/mol. The molecule has 0 aliphatic carbocycles. The molecule has 4 nitrogen and oxygen atoms in total. The Morgan fingerprint density at radius 2 is 2.06 bits per heavy atom. The quantitative estimate of drug-likeness (QED) is 0.327. The summed E-state index contributed by atoms with van der Waals surface area (Å²) in [5.74, 6) is -0.574. The van der Waals surface area contributed by atoms with Crippen molar-refractivity contribution in [2.75, 3.05) is 7.11 Å². The first-order chi connectivity index (χ1) is 7.77. The number of rotatable bonds is 5. The highest BCUT2D eigenvalue weighted by Crippen LogP contribution is 2.05. The van der Waals surface area contributed by atoms with Crippen molar-refractivity contribution in [1.29, 1.82) is 0 Å². The van der Waals surface area contributed by atoms with Gasteiger partial charge in [0.25, 0.3) is 0 Å². The van der Waals surface area contributed by atoms with Crippen molar-refractivity contribution in [3.8, 4) is 0 Å². The van der Waals surface area contributed by atoms with Crippen LogP contribution in [0.4, 0.5) is 0 Å². The van der Waals surface area contributed by atoms with Gasteiger partial charge in [-0.1, -0.05) is 30.3 Å². The molecule has 1 aromatic rings. The van der Waals surface area contributed by atoms with Crippen LogP contribution < -0.4 is 0 Å². The molecule has 4 heteroatoms. The molecule has 0 amide bonds. The minimum absolute atomic E-state index is 0.0680. The summed E-state index contributed by atoms with van der Waals surface area (Å²) >= 11 is 0. The first kappa shape index (κ1) is 12.1. The van der Waals surface area contributed by atoms with Crippen LogP contribution in [-0.2, 0) is 16.0 Å². The van der Waals surface area contributed by atoms with Crippen molar-refractivity contribution >= 4 is 11.7 Å². The lowest BCUT2D eigenvalue weighted by molar-refractivity contribution is -0.137. The average Bonchev–Trinajstić information content (AvgIpc) is 2.35. The molecule has 0 fully saturated rings. The van der Waals surface area contributed by atoms with Crippen LogP contribution >= 0.6 is 0 Å². The zero-order chi connectivity index (χ0) is 11.8. The Bertz CT molecular complexity index is 395. The molecule has 0 spiro atoms. The van der Waals surface area contributed by atoms with Crippen LogP contribution in [0.5, 0.6) is 0 Å². The largest absolute Gasteiger partial charge is 0.460 e. The van der Waals surface area contributed by atoms with Crippen LogP contribution in [0.15, 0.2) is 30.3 Å². The first-order valence-corrected chi connectivity index (χ1v) is 5.11. The summed E-state index contributed by atoms with van der Waals surface area (Å²) in [4.78, 5) is 14.0. The molecule has 0 aliphatic rings. The van der Waals surface area contributed by atoms with Crippen molar-refractivity contribution in [2.24, 2.45) is 0 Å². The molecule has 0 N–H and O–H groups in total. The van der Waals surface area contributed by atoms with E-state index in [0.717, 1.165) is 12.8 Å². The number of hydrogen-bond donors (Lipinski definition) is 0. The lowest BCUT2D eigenvalue weighted by atomic mass is 10.1. The van der Waals surface area contributed by atoms with E-state index in [9.17, 15) is 4.79 Å². The molecule has 0 heterocycles. The number of benzene rings is 1. The number of carbonyl (C=O) groups is 1. The highest BCUT2D eigenvalue weighted by atomic mass is 16.5. The minimum atomic E-state index is -0.574. The van der Waals surface area contributed by atoms with Crippen LogP contribution in [-0.4, -0.2) is 23.6 Å². The number of esters is 1. The van der Waals surface area contributed by atoms with E-state index in [0.29, 0.717) is 6.42 Å². The van der Waals surface area contributed by atoms with Crippen molar-refractivity contribution in [1.82, 2.24) is 0 Å². The van der Waals surface area contributed by atoms with Crippen LogP contribution in [0.1, 0.15) is 18.4 Å². The Morgan fingerprint density at radius 1 is 1.38 bits per heavy atom. The third-order valence-electron chi connectivity index (χ3n) is 2.26. The molecule has 0 radical (unpaired) electrons. The van der Waals surface area contributed by atoms with Crippen molar-refractivity contribution in [3.63, 3.8) is 0 Å². The van der Waals surface area contributed by atoms with Crippen molar-refractivity contribution in [3.05, 3.63) is 41.4 Å². The van der Waals surface area contributed by atoms with Gasteiger partial charge in [0.05, 0.1) is 13.5 Å². The van der Waals surface area contributed by atoms with E-state index in [2.05, 4.69) is 9.53 Å². The molecule has 0 saturated carbocycles. The van der Waals surface area contributed by atoms with Gasteiger partial charge in [0.15, 0.2) is 0 Å². The molecule has 16 heavy (non-hydrogen) atoms. The van der Waals surface area contributed by atoms with E-state index >= 15 is 0 Å². The van der Waals surface area contributed by atoms with Gasteiger partial charge in [0, 0.05) is 0 Å². The number of hydrogen-bond acceptors (Lipinski definition) is 2. The molecule has 1 rings (SSSR count). The highest BCUT2D eigenvalue weighted by molar-refractivity contribution is 6.33. The third-order valence-corrected chi connectivity index (χ3v) is 2.26. The zero-order valence-corrected chi connectivity index (χ0v) is 9.22. The Morgan fingerprint density at radius 3 is 2.62 bits per heavy atom. The Kier molecular flexibility index (Phi) is 4.96. The summed E-state index contributed by atoms with van der Waals surface area (Å²) in [7, 11) is 1.27. The molecule has 0 aliphatic heterocycles. The molecule has 84 valence electrons. The first-order valence-electron chi connectivity index (χ1n) is 5.11. The van der Waals surface area contributed by atoms with Gasteiger partial charge in [-0.25, -0.2) is 4.79 Å². The van der Waals surface area contributed by atoms with E-state index in [1.807, 2.05) is 30.3 Å². The van der Waals surface area contributed by atoms with Crippen LogP contribution in [0.2, 0.25) is 0 Å². The molecule has 0 bridgehead atoms. The van der Waals surface area contributed by atoms with Gasteiger partial charge in [-0.05, 0) is 18.4 Å². The van der Waals surface area contributed by atoms with E-state index < -0.39 is 5.97 Å². The number of carbonyl (C=O) groups excluding carboxylic acids is 1. The molecule has 1 aromatic carbocycles. The number of ether oxygens (including phenoxy) is 1. The molecule has 0 aromatic heterocycles. The van der Waals surface area contributed by atoms with Gasteiger partial charge >= 0.3 is 11.7 Å². The van der Waals surface area contributed by atoms with E-state index in [1.165, 1.54) is 12.7 Å². The summed E-state index contributed by atoms with van der Waals surface area (Å²) in [5, 5.41) is 0. The summed E-state index contributed by atoms with van der Waals surface area (Å²) in [6.45, 7) is 0. The van der Waals surface area contributed by atoms with Crippen LogP contribution in [0.25, 0.3) is 5.53 Å². The fourth-order valence-electron chi connectivity index (χ4n) is 1.42. The highest BCUT2D eigenvalue weighted by Gasteiger charge is 2.19. The standard InChI is InChI=1S/C12H14N2O2/c1-16-12(15)11(14-13)9-5-8-10-6-3-2-4-7-10/h2-4,6-7H,5,8-9H2,1H3. The summed E-state index contributed by atoms with van der Waals surface area (Å²) in [5.41, 5.74) is 9.88. The number of nitrogens with zero attached hydrogens (tertiary/aromatic N) is 2. The van der Waals surface area contributed by atoms with E-state index in [-0.39, 0.29) is 5.71 Å². The predicted octanol–water partition coefficient (Wildman–Crippen LogP) is 1.85. The fraction of sp³-hybridized carbons (Fsp3) is 0.333. The second-order valence-corrected chi connectivity index (χ2v) is 3.38. The Balaban J connectivity index is 2.41. The second-order valence-electron chi connectivity index (χ2n) is 3.38. The molecular formula is C12H14N2O2. The van der Waals surface area contributed by atoms with Crippen molar-refractivity contribution < 1.29 is 14.3 Å². The van der Waals surface area contributed by atoms with Gasteiger partial charge in [-0.3, -0.25) is 0 Å². The lowest BCUT2D eigenvalue weighted by Gasteiger charge is -1.98. The molecule has 0 saturated heterocycles. The lowest BCUT2D eigenvalue weighted by Crippen LogP contribution is -2.16. The summed E-state index contributed by atoms with van der Waals surface area (Å²) in [6, 6.07) is 9.94. The second kappa shape index (κ2) is 6.53. The Hall–Kier alpha value is -1.93. The SMILES string of the molecule is COC(=O)C(CCCc1ccccc1)=[N+]=[N-]. The average molecular weight is 218 g/mol. The third kappa shape index (κ3) is 3.67. The minimum Gasteiger partial charge on any atom is -0.460 e. The van der Waals surface area contributed by atoms with Crippen LogP contribution in [0, 0.1) is 0 Å². The van der Waals surface area contributed by atoms with Gasteiger partial charge in [-0.15, -0.1) is 0 Å². The van der Waals surface area contributed by atoms with Gasteiger partial charge < -0.3 is 10.3 Å². The topological polar surface area (TPSA) is 62.7 Å². The smallest absolute Gasteiger partial charge is 0.416 e. The zero-order valence-electron chi connectivity index (χ0n) is 9.22. The predicted molar refractivity (Wildman–Crippen MR) is 60.0 cm³/mol. The summed E-state index contributed by atoms with van der Waals surface area (Å²) in [6.07, 6.45) is 2.01. The normalized spacial score (nSPS) is 9.31. The maximum atomic E-state index is 11.1. The van der Waals surface area contributed by atoms with E-state index in [4.69, 9.17) is 5.53 Å². The Labute approximate surface area is 94.5 Å². The summed E-state index contributed by atoms with van der Waals surface area (Å²) < 4.78 is 4.48. The number of aryl methyl sites for hydroxylation is 1. The van der Waals surface area contributed by atoms with Gasteiger partial charge in [0.1, 0.15) is 0 Å². The maximum absolute atomic E-state index is 11.1. The van der Waals surface area contributed by atoms with Gasteiger partial charge in [0.2, 0.25) is 0 Å². The van der Waals surface area contributed by atoms with Crippen LogP contribution in [0.3, 0.4) is 0 Å². The monoisotopic (exact) mass is 218 g/mol. The molecule has 0 unspecified atom stereocenters. The van der Waals surface area contributed by atoms with E-state index in [1.54, 1.807) is 0 Å². The van der Waals surface area contributed by atoms with Gasteiger partial charge in [-0.2, -0.15) is 4.79 Å². The maximum Gasteiger partial charge on any atom is 0.416 e.